The molecule has 0 spiro atoms. The lowest BCUT2D eigenvalue weighted by atomic mass is 9.99. The summed E-state index contributed by atoms with van der Waals surface area (Å²) in [6.07, 6.45) is 1.14. The smallest absolute Gasteiger partial charge is 0.255 e. The number of amides is 1. The molecule has 0 aromatic heterocycles. The SMILES string of the molecule is O=C(Nc1ccc(I)cc1)c1ccc(C[NH+]2CCc3ccccc3C2)cc1. The zero-order chi connectivity index (χ0) is 18.6. The van der Waals surface area contributed by atoms with Gasteiger partial charge in [-0.05, 0) is 64.6 Å². The highest BCUT2D eigenvalue weighted by Gasteiger charge is 2.19. The van der Waals surface area contributed by atoms with E-state index in [1.807, 2.05) is 36.4 Å². The molecule has 3 aromatic rings. The minimum Gasteiger partial charge on any atom is -0.327 e. The first-order valence-electron chi connectivity index (χ1n) is 9.23. The maximum Gasteiger partial charge on any atom is 0.255 e. The van der Waals surface area contributed by atoms with Crippen molar-refractivity contribution >= 4 is 34.2 Å². The number of nitrogens with one attached hydrogen (secondary N) is 2. The van der Waals surface area contributed by atoms with Crippen LogP contribution in [0.15, 0.2) is 72.8 Å². The molecule has 4 rings (SSSR count). The summed E-state index contributed by atoms with van der Waals surface area (Å²) in [5.41, 5.74) is 5.74. The Bertz CT molecular complexity index is 935. The third-order valence-corrected chi connectivity index (χ3v) is 5.80. The van der Waals surface area contributed by atoms with E-state index in [4.69, 9.17) is 0 Å². The van der Waals surface area contributed by atoms with Crippen LogP contribution in [-0.4, -0.2) is 12.5 Å². The average molecular weight is 469 g/mol. The first-order chi connectivity index (χ1) is 13.2. The van der Waals surface area contributed by atoms with Gasteiger partial charge in [0.25, 0.3) is 5.91 Å². The molecule has 2 N–H and O–H groups in total. The first kappa shape index (κ1) is 18.2. The molecule has 1 atom stereocenters. The number of benzene rings is 3. The van der Waals surface area contributed by atoms with Crippen LogP contribution in [0, 0.1) is 3.57 Å². The highest BCUT2D eigenvalue weighted by atomic mass is 127. The van der Waals surface area contributed by atoms with Gasteiger partial charge >= 0.3 is 0 Å². The third kappa shape index (κ3) is 4.57. The zero-order valence-electron chi connectivity index (χ0n) is 15.0. The van der Waals surface area contributed by atoms with E-state index < -0.39 is 0 Å². The molecule has 3 nitrogen and oxygen atoms in total. The lowest BCUT2D eigenvalue weighted by Gasteiger charge is -2.26. The Morgan fingerprint density at radius 2 is 1.63 bits per heavy atom. The molecule has 1 aliphatic rings. The topological polar surface area (TPSA) is 33.5 Å². The van der Waals surface area contributed by atoms with Crippen LogP contribution in [0.5, 0.6) is 0 Å². The van der Waals surface area contributed by atoms with E-state index in [0.29, 0.717) is 5.56 Å². The van der Waals surface area contributed by atoms with Crippen molar-refractivity contribution in [1.82, 2.24) is 0 Å². The Labute approximate surface area is 173 Å². The van der Waals surface area contributed by atoms with E-state index in [1.165, 1.54) is 16.7 Å². The molecule has 0 aliphatic carbocycles. The fourth-order valence-corrected chi connectivity index (χ4v) is 3.95. The van der Waals surface area contributed by atoms with Gasteiger partial charge in [-0.25, -0.2) is 0 Å². The summed E-state index contributed by atoms with van der Waals surface area (Å²) in [5, 5.41) is 2.95. The minimum absolute atomic E-state index is 0.0676. The summed E-state index contributed by atoms with van der Waals surface area (Å²) in [5.74, 6) is -0.0676. The zero-order valence-corrected chi connectivity index (χ0v) is 17.2. The Kier molecular flexibility index (Phi) is 5.55. The number of carbonyl (C=O) groups is 1. The van der Waals surface area contributed by atoms with Gasteiger partial charge in [0.15, 0.2) is 0 Å². The van der Waals surface area contributed by atoms with Gasteiger partial charge in [-0.15, -0.1) is 0 Å². The van der Waals surface area contributed by atoms with Crippen molar-refractivity contribution in [2.75, 3.05) is 11.9 Å². The monoisotopic (exact) mass is 469 g/mol. The van der Waals surface area contributed by atoms with Gasteiger partial charge < -0.3 is 10.2 Å². The van der Waals surface area contributed by atoms with Gasteiger partial charge in [0.05, 0.1) is 6.54 Å². The lowest BCUT2D eigenvalue weighted by Crippen LogP contribution is -3.10. The summed E-state index contributed by atoms with van der Waals surface area (Å²) >= 11 is 2.25. The Morgan fingerprint density at radius 3 is 2.37 bits per heavy atom. The van der Waals surface area contributed by atoms with E-state index in [1.54, 1.807) is 4.90 Å². The second kappa shape index (κ2) is 8.23. The van der Waals surface area contributed by atoms with Gasteiger partial charge in [0.2, 0.25) is 0 Å². The molecule has 0 bridgehead atoms. The van der Waals surface area contributed by atoms with Crippen molar-refractivity contribution < 1.29 is 9.69 Å². The van der Waals surface area contributed by atoms with Crippen LogP contribution in [0.1, 0.15) is 27.0 Å². The molecule has 0 saturated heterocycles. The molecular weight excluding hydrogens is 447 g/mol. The van der Waals surface area contributed by atoms with Crippen molar-refractivity contribution in [3.8, 4) is 0 Å². The molecule has 3 aromatic carbocycles. The average Bonchev–Trinajstić information content (AvgIpc) is 2.70. The summed E-state index contributed by atoms with van der Waals surface area (Å²) in [6.45, 7) is 3.23. The first-order valence-corrected chi connectivity index (χ1v) is 10.3. The molecular formula is C23H22IN2O+. The quantitative estimate of drug-likeness (QED) is 0.562. The largest absolute Gasteiger partial charge is 0.327 e. The van der Waals surface area contributed by atoms with E-state index in [2.05, 4.69) is 64.3 Å². The van der Waals surface area contributed by atoms with Crippen LogP contribution >= 0.6 is 22.6 Å². The van der Waals surface area contributed by atoms with Crippen LogP contribution in [0.25, 0.3) is 0 Å². The highest BCUT2D eigenvalue weighted by Crippen LogP contribution is 2.14. The summed E-state index contributed by atoms with van der Waals surface area (Å²) in [4.78, 5) is 14.0. The third-order valence-electron chi connectivity index (χ3n) is 5.08. The van der Waals surface area contributed by atoms with Crippen LogP contribution in [0.4, 0.5) is 5.69 Å². The van der Waals surface area contributed by atoms with E-state index in [0.717, 1.165) is 35.3 Å². The van der Waals surface area contributed by atoms with Crippen molar-refractivity contribution in [2.24, 2.45) is 0 Å². The number of quaternary nitrogens is 1. The Hall–Kier alpha value is -2.18. The number of hydrogen-bond acceptors (Lipinski definition) is 1. The second-order valence-electron chi connectivity index (χ2n) is 7.03. The molecule has 0 saturated carbocycles. The number of rotatable bonds is 4. The fourth-order valence-electron chi connectivity index (χ4n) is 3.59. The van der Waals surface area contributed by atoms with E-state index in [9.17, 15) is 4.79 Å². The number of hydrogen-bond donors (Lipinski definition) is 2. The van der Waals surface area contributed by atoms with E-state index >= 15 is 0 Å². The number of halogens is 1. The Balaban J connectivity index is 1.37. The molecule has 136 valence electrons. The molecule has 1 heterocycles. The van der Waals surface area contributed by atoms with Crippen LogP contribution < -0.4 is 10.2 Å². The number of carbonyl (C=O) groups excluding carboxylic acids is 1. The van der Waals surface area contributed by atoms with Crippen molar-refractivity contribution in [3.63, 3.8) is 0 Å². The van der Waals surface area contributed by atoms with Crippen LogP contribution in [0.3, 0.4) is 0 Å². The lowest BCUT2D eigenvalue weighted by molar-refractivity contribution is -0.929. The normalized spacial score (nSPS) is 15.8. The van der Waals surface area contributed by atoms with Gasteiger partial charge in [0.1, 0.15) is 13.1 Å². The second-order valence-corrected chi connectivity index (χ2v) is 8.28. The van der Waals surface area contributed by atoms with Gasteiger partial charge in [-0.3, -0.25) is 4.79 Å². The predicted molar refractivity (Wildman–Crippen MR) is 117 cm³/mol. The van der Waals surface area contributed by atoms with Gasteiger partial charge in [-0.2, -0.15) is 0 Å². The maximum atomic E-state index is 12.4. The fraction of sp³-hybridized carbons (Fsp3) is 0.174. The molecule has 4 heteroatoms. The number of fused-ring (bicyclic) bond motifs is 1. The molecule has 1 amide bonds. The van der Waals surface area contributed by atoms with Crippen molar-refractivity contribution in [2.45, 2.75) is 19.5 Å². The molecule has 1 unspecified atom stereocenters. The van der Waals surface area contributed by atoms with Crippen molar-refractivity contribution in [3.05, 3.63) is 98.6 Å². The molecule has 27 heavy (non-hydrogen) atoms. The number of anilines is 1. The minimum atomic E-state index is -0.0676. The Morgan fingerprint density at radius 1 is 0.926 bits per heavy atom. The predicted octanol–water partition coefficient (Wildman–Crippen LogP) is 3.68. The summed E-state index contributed by atoms with van der Waals surface area (Å²) < 4.78 is 1.15. The molecule has 1 aliphatic heterocycles. The van der Waals surface area contributed by atoms with Crippen molar-refractivity contribution in [1.29, 1.82) is 0 Å². The maximum absolute atomic E-state index is 12.4. The van der Waals surface area contributed by atoms with Gasteiger partial charge in [0, 0.05) is 32.4 Å². The summed E-state index contributed by atoms with van der Waals surface area (Å²) in [7, 11) is 0. The highest BCUT2D eigenvalue weighted by molar-refractivity contribution is 14.1. The molecule has 0 radical (unpaired) electrons. The summed E-state index contributed by atoms with van der Waals surface area (Å²) in [6, 6.07) is 24.6. The molecule has 0 fully saturated rings. The van der Waals surface area contributed by atoms with Crippen LogP contribution in [-0.2, 0) is 19.5 Å². The standard InChI is InChI=1S/C23H21IN2O/c24-21-9-11-22(12-10-21)25-23(27)19-7-5-17(6-8-19)15-26-14-13-18-3-1-2-4-20(18)16-26/h1-12H,13-16H2,(H,25,27)/p+1. The van der Waals surface area contributed by atoms with Crippen LogP contribution in [0.2, 0.25) is 0 Å². The van der Waals surface area contributed by atoms with E-state index in [-0.39, 0.29) is 5.91 Å². The van der Waals surface area contributed by atoms with Gasteiger partial charge in [-0.1, -0.05) is 36.4 Å².